The molecule has 2 aliphatic rings. The van der Waals surface area contributed by atoms with Gasteiger partial charge in [0.15, 0.2) is 0 Å². The van der Waals surface area contributed by atoms with Gasteiger partial charge in [-0.2, -0.15) is 0 Å². The zero-order chi connectivity index (χ0) is 11.1. The van der Waals surface area contributed by atoms with Crippen LogP contribution in [0.1, 0.15) is 53.4 Å². The number of hydrogen-bond donors (Lipinski definition) is 1. The van der Waals surface area contributed by atoms with Gasteiger partial charge in [0.2, 0.25) is 0 Å². The van der Waals surface area contributed by atoms with Crippen LogP contribution in [0, 0.1) is 23.2 Å². The Balaban J connectivity index is 2.05. The van der Waals surface area contributed by atoms with Crippen molar-refractivity contribution in [3.8, 4) is 0 Å². The van der Waals surface area contributed by atoms with E-state index in [4.69, 9.17) is 0 Å². The van der Waals surface area contributed by atoms with E-state index in [0.29, 0.717) is 5.41 Å². The average molecular weight is 209 g/mol. The monoisotopic (exact) mass is 209 g/mol. The van der Waals surface area contributed by atoms with Gasteiger partial charge >= 0.3 is 0 Å². The first-order valence-corrected chi connectivity index (χ1v) is 6.75. The van der Waals surface area contributed by atoms with E-state index in [2.05, 4.69) is 33.0 Å². The van der Waals surface area contributed by atoms with Crippen LogP contribution in [0.5, 0.6) is 0 Å². The molecular formula is C14H27N. The zero-order valence-corrected chi connectivity index (χ0v) is 10.8. The molecule has 0 amide bonds. The predicted molar refractivity (Wildman–Crippen MR) is 65.9 cm³/mol. The summed E-state index contributed by atoms with van der Waals surface area (Å²) in [6, 6.07) is 0.734. The molecule has 15 heavy (non-hydrogen) atoms. The minimum absolute atomic E-state index is 0.422. The summed E-state index contributed by atoms with van der Waals surface area (Å²) in [5.74, 6) is 3.07. The molecule has 2 saturated carbocycles. The second kappa shape index (κ2) is 4.08. The molecule has 1 N–H and O–H groups in total. The summed E-state index contributed by atoms with van der Waals surface area (Å²) in [5, 5.41) is 3.75. The molecule has 0 saturated heterocycles. The van der Waals surface area contributed by atoms with E-state index in [0.717, 1.165) is 30.3 Å². The maximum absolute atomic E-state index is 3.75. The molecule has 0 spiro atoms. The summed E-state index contributed by atoms with van der Waals surface area (Å²) >= 11 is 0. The molecule has 0 aromatic rings. The second-order valence-electron chi connectivity index (χ2n) is 6.74. The maximum atomic E-state index is 3.75. The molecule has 0 aromatic heterocycles. The lowest BCUT2D eigenvalue weighted by molar-refractivity contribution is 0.147. The largest absolute Gasteiger partial charge is 0.313 e. The molecule has 4 unspecified atom stereocenters. The summed E-state index contributed by atoms with van der Waals surface area (Å²) in [7, 11) is 0. The third-order valence-electron chi connectivity index (χ3n) is 4.58. The number of hydrogen-bond acceptors (Lipinski definition) is 1. The predicted octanol–water partition coefficient (Wildman–Crippen LogP) is 3.45. The lowest BCUT2D eigenvalue weighted by Gasteiger charge is -2.40. The molecule has 1 heteroatoms. The topological polar surface area (TPSA) is 12.0 Å². The van der Waals surface area contributed by atoms with Gasteiger partial charge in [0.1, 0.15) is 0 Å². The Hall–Kier alpha value is -0.0400. The Morgan fingerprint density at radius 3 is 2.33 bits per heavy atom. The first-order valence-electron chi connectivity index (χ1n) is 6.75. The van der Waals surface area contributed by atoms with Gasteiger partial charge in [-0.25, -0.2) is 0 Å². The van der Waals surface area contributed by atoms with Crippen LogP contribution in [0.4, 0.5) is 0 Å². The molecule has 2 bridgehead atoms. The van der Waals surface area contributed by atoms with Crippen molar-refractivity contribution < 1.29 is 0 Å². The third kappa shape index (κ3) is 2.22. The van der Waals surface area contributed by atoms with Gasteiger partial charge in [0, 0.05) is 6.04 Å². The summed E-state index contributed by atoms with van der Waals surface area (Å²) < 4.78 is 0. The lowest BCUT2D eigenvalue weighted by Crippen LogP contribution is -2.47. The van der Waals surface area contributed by atoms with Gasteiger partial charge in [-0.05, 0) is 49.0 Å². The van der Waals surface area contributed by atoms with Crippen LogP contribution in [0.2, 0.25) is 0 Å². The standard InChI is InChI=1S/C14H27N/c1-5-15-13(14(2,3)4)12-9-10-6-7-11(12)8-10/h10-13,15H,5-9H2,1-4H3. The van der Waals surface area contributed by atoms with E-state index >= 15 is 0 Å². The van der Waals surface area contributed by atoms with Crippen LogP contribution in [0.3, 0.4) is 0 Å². The van der Waals surface area contributed by atoms with Crippen molar-refractivity contribution in [3.05, 3.63) is 0 Å². The smallest absolute Gasteiger partial charge is 0.0146 e. The Labute approximate surface area is 95.0 Å². The molecule has 0 aromatic carbocycles. The Bertz CT molecular complexity index is 216. The molecule has 2 fully saturated rings. The Morgan fingerprint density at radius 1 is 1.20 bits per heavy atom. The fourth-order valence-electron chi connectivity index (χ4n) is 4.02. The molecule has 4 atom stereocenters. The van der Waals surface area contributed by atoms with Crippen molar-refractivity contribution >= 4 is 0 Å². The Morgan fingerprint density at radius 2 is 1.93 bits per heavy atom. The fourth-order valence-corrected chi connectivity index (χ4v) is 4.02. The first-order chi connectivity index (χ1) is 7.02. The summed E-state index contributed by atoms with van der Waals surface area (Å²) in [5.41, 5.74) is 0.422. The van der Waals surface area contributed by atoms with E-state index < -0.39 is 0 Å². The highest BCUT2D eigenvalue weighted by molar-refractivity contribution is 4.98. The van der Waals surface area contributed by atoms with Gasteiger partial charge < -0.3 is 5.32 Å². The van der Waals surface area contributed by atoms with Crippen molar-refractivity contribution in [1.82, 2.24) is 5.32 Å². The molecule has 0 heterocycles. The highest BCUT2D eigenvalue weighted by Crippen LogP contribution is 2.51. The van der Waals surface area contributed by atoms with E-state index in [1.54, 1.807) is 0 Å². The molecule has 1 nitrogen and oxygen atoms in total. The SMILES string of the molecule is CCNC(C1CC2CCC1C2)C(C)(C)C. The van der Waals surface area contributed by atoms with E-state index in [1.165, 1.54) is 25.7 Å². The molecule has 0 aliphatic heterocycles. The second-order valence-corrected chi connectivity index (χ2v) is 6.74. The lowest BCUT2D eigenvalue weighted by atomic mass is 9.72. The highest BCUT2D eigenvalue weighted by atomic mass is 14.9. The summed E-state index contributed by atoms with van der Waals surface area (Å²) in [4.78, 5) is 0. The van der Waals surface area contributed by atoms with Gasteiger partial charge in [-0.15, -0.1) is 0 Å². The molecule has 2 rings (SSSR count). The zero-order valence-electron chi connectivity index (χ0n) is 10.8. The third-order valence-corrected chi connectivity index (χ3v) is 4.58. The number of fused-ring (bicyclic) bond motifs is 2. The van der Waals surface area contributed by atoms with Crippen LogP contribution in [-0.2, 0) is 0 Å². The average Bonchev–Trinajstić information content (AvgIpc) is 2.72. The van der Waals surface area contributed by atoms with Crippen molar-refractivity contribution in [2.45, 2.75) is 59.4 Å². The van der Waals surface area contributed by atoms with E-state index in [1.807, 2.05) is 0 Å². The summed E-state index contributed by atoms with van der Waals surface area (Å²) in [6.07, 6.45) is 6.06. The number of rotatable bonds is 3. The molecule has 88 valence electrons. The summed E-state index contributed by atoms with van der Waals surface area (Å²) in [6.45, 7) is 10.5. The van der Waals surface area contributed by atoms with Gasteiger partial charge in [-0.3, -0.25) is 0 Å². The van der Waals surface area contributed by atoms with Gasteiger partial charge in [0.05, 0.1) is 0 Å². The van der Waals surface area contributed by atoms with Crippen molar-refractivity contribution in [2.24, 2.45) is 23.2 Å². The van der Waals surface area contributed by atoms with Crippen LogP contribution >= 0.6 is 0 Å². The normalized spacial score (nSPS) is 37.2. The van der Waals surface area contributed by atoms with Crippen molar-refractivity contribution in [3.63, 3.8) is 0 Å². The molecular weight excluding hydrogens is 182 g/mol. The highest BCUT2D eigenvalue weighted by Gasteiger charge is 2.45. The minimum atomic E-state index is 0.422. The first kappa shape index (κ1) is 11.4. The van der Waals surface area contributed by atoms with Gasteiger partial charge in [0.25, 0.3) is 0 Å². The quantitative estimate of drug-likeness (QED) is 0.750. The van der Waals surface area contributed by atoms with Crippen LogP contribution in [0.25, 0.3) is 0 Å². The molecule has 0 radical (unpaired) electrons. The fraction of sp³-hybridized carbons (Fsp3) is 1.00. The van der Waals surface area contributed by atoms with E-state index in [-0.39, 0.29) is 0 Å². The molecule has 2 aliphatic carbocycles. The van der Waals surface area contributed by atoms with Crippen LogP contribution < -0.4 is 5.32 Å². The maximum Gasteiger partial charge on any atom is 0.0146 e. The van der Waals surface area contributed by atoms with Crippen molar-refractivity contribution in [1.29, 1.82) is 0 Å². The minimum Gasteiger partial charge on any atom is -0.313 e. The van der Waals surface area contributed by atoms with Crippen molar-refractivity contribution in [2.75, 3.05) is 6.54 Å². The number of nitrogens with one attached hydrogen (secondary N) is 1. The van der Waals surface area contributed by atoms with E-state index in [9.17, 15) is 0 Å². The van der Waals surface area contributed by atoms with Gasteiger partial charge in [-0.1, -0.05) is 34.1 Å². The van der Waals surface area contributed by atoms with Crippen LogP contribution in [0.15, 0.2) is 0 Å². The van der Waals surface area contributed by atoms with Crippen LogP contribution in [-0.4, -0.2) is 12.6 Å². The Kier molecular flexibility index (Phi) is 3.12.